The number of benzene rings is 2. The van der Waals surface area contributed by atoms with Crippen LogP contribution in [0.4, 0.5) is 5.69 Å². The molecule has 1 heterocycles. The van der Waals surface area contributed by atoms with Crippen molar-refractivity contribution < 1.29 is 4.57 Å². The molecule has 1 aromatic heterocycles. The molecule has 1 unspecified atom stereocenters. The van der Waals surface area contributed by atoms with E-state index in [0.717, 1.165) is 16.6 Å². The number of hydrogen-bond acceptors (Lipinski definition) is 2. The maximum absolute atomic E-state index is 13.7. The molecule has 0 fully saturated rings. The van der Waals surface area contributed by atoms with Crippen molar-refractivity contribution >= 4 is 23.7 Å². The second kappa shape index (κ2) is 6.17. The standard InChI is InChI=1S/C18H17N2OP/c1-15-10-12-16(13-11-15)20-22(21,17-7-3-2-4-8-17)18-9-5-6-14-19-18/h2-14H,1H3,(H,20,21). The molecule has 0 bridgehead atoms. The molecule has 0 radical (unpaired) electrons. The van der Waals surface area contributed by atoms with Gasteiger partial charge >= 0.3 is 0 Å². The SMILES string of the molecule is Cc1ccc(NP(=O)(c2ccccc2)c2ccccn2)cc1. The lowest BCUT2D eigenvalue weighted by molar-refractivity contribution is 0.589. The summed E-state index contributed by atoms with van der Waals surface area (Å²) in [5, 5.41) is 3.95. The molecule has 4 heteroatoms. The van der Waals surface area contributed by atoms with Crippen LogP contribution in [-0.4, -0.2) is 4.98 Å². The van der Waals surface area contributed by atoms with Crippen molar-refractivity contribution in [1.29, 1.82) is 0 Å². The van der Waals surface area contributed by atoms with Gasteiger partial charge in [-0.1, -0.05) is 42.0 Å². The van der Waals surface area contributed by atoms with E-state index in [1.165, 1.54) is 0 Å². The summed E-state index contributed by atoms with van der Waals surface area (Å²) in [5.41, 5.74) is 2.54. The van der Waals surface area contributed by atoms with Gasteiger partial charge in [-0.2, -0.15) is 0 Å². The summed E-state index contributed by atoms with van der Waals surface area (Å²) in [7, 11) is -3.02. The van der Waals surface area contributed by atoms with Crippen molar-refractivity contribution in [1.82, 2.24) is 4.98 Å². The Morgan fingerprint density at radius 3 is 2.18 bits per heavy atom. The lowest BCUT2D eigenvalue weighted by atomic mass is 10.2. The Balaban J connectivity index is 2.08. The van der Waals surface area contributed by atoms with Gasteiger partial charge in [0.05, 0.1) is 0 Å². The average molecular weight is 308 g/mol. The average Bonchev–Trinajstić information content (AvgIpc) is 2.58. The Hall–Kier alpha value is -2.38. The van der Waals surface area contributed by atoms with E-state index in [2.05, 4.69) is 10.1 Å². The molecule has 1 atom stereocenters. The first-order chi connectivity index (χ1) is 10.7. The third kappa shape index (κ3) is 2.95. The Morgan fingerprint density at radius 1 is 0.864 bits per heavy atom. The maximum Gasteiger partial charge on any atom is 0.244 e. The van der Waals surface area contributed by atoms with Crippen LogP contribution in [0.2, 0.25) is 0 Å². The molecule has 0 saturated carbocycles. The molecule has 0 amide bonds. The minimum absolute atomic E-state index is 0.557. The second-order valence-corrected chi connectivity index (χ2v) is 7.53. The van der Waals surface area contributed by atoms with E-state index in [-0.39, 0.29) is 0 Å². The molecular formula is C18H17N2OP. The van der Waals surface area contributed by atoms with E-state index in [9.17, 15) is 4.57 Å². The number of nitrogens with one attached hydrogen (secondary N) is 1. The largest absolute Gasteiger partial charge is 0.328 e. The van der Waals surface area contributed by atoms with Crippen LogP contribution in [0.15, 0.2) is 79.0 Å². The van der Waals surface area contributed by atoms with Crippen molar-refractivity contribution in [3.63, 3.8) is 0 Å². The number of nitrogens with zero attached hydrogens (tertiary/aromatic N) is 1. The summed E-state index contributed by atoms with van der Waals surface area (Å²) < 4.78 is 13.7. The predicted molar refractivity (Wildman–Crippen MR) is 92.4 cm³/mol. The van der Waals surface area contributed by atoms with Crippen LogP contribution in [0.25, 0.3) is 0 Å². The first-order valence-electron chi connectivity index (χ1n) is 7.11. The third-order valence-corrected chi connectivity index (χ3v) is 5.94. The van der Waals surface area contributed by atoms with E-state index in [4.69, 9.17) is 0 Å². The van der Waals surface area contributed by atoms with Gasteiger partial charge < -0.3 is 5.09 Å². The highest BCUT2D eigenvalue weighted by Gasteiger charge is 2.28. The smallest absolute Gasteiger partial charge is 0.244 e. The summed E-state index contributed by atoms with van der Waals surface area (Å²) in [4.78, 5) is 4.32. The molecule has 3 nitrogen and oxygen atoms in total. The summed E-state index contributed by atoms with van der Waals surface area (Å²) >= 11 is 0. The first kappa shape index (κ1) is 14.6. The summed E-state index contributed by atoms with van der Waals surface area (Å²) in [6, 6.07) is 22.8. The van der Waals surface area contributed by atoms with Gasteiger partial charge in [-0.3, -0.25) is 9.55 Å². The highest BCUT2D eigenvalue weighted by molar-refractivity contribution is 7.79. The molecule has 3 aromatic rings. The third-order valence-electron chi connectivity index (χ3n) is 3.43. The highest BCUT2D eigenvalue weighted by Crippen LogP contribution is 2.42. The number of rotatable bonds is 4. The summed E-state index contributed by atoms with van der Waals surface area (Å²) in [5.74, 6) is 0. The molecule has 22 heavy (non-hydrogen) atoms. The van der Waals surface area contributed by atoms with Crippen molar-refractivity contribution in [3.8, 4) is 0 Å². The predicted octanol–water partition coefficient (Wildman–Crippen LogP) is 3.73. The van der Waals surface area contributed by atoms with Gasteiger partial charge in [0.2, 0.25) is 7.29 Å². The molecule has 0 spiro atoms. The lowest BCUT2D eigenvalue weighted by Crippen LogP contribution is -2.23. The Morgan fingerprint density at radius 2 is 1.55 bits per heavy atom. The van der Waals surface area contributed by atoms with Gasteiger partial charge in [-0.15, -0.1) is 0 Å². The molecule has 0 aliphatic carbocycles. The minimum Gasteiger partial charge on any atom is -0.328 e. The Kier molecular flexibility index (Phi) is 4.08. The zero-order valence-electron chi connectivity index (χ0n) is 12.3. The van der Waals surface area contributed by atoms with Gasteiger partial charge in [-0.05, 0) is 43.3 Å². The van der Waals surface area contributed by atoms with Crippen molar-refractivity contribution in [2.45, 2.75) is 6.92 Å². The topological polar surface area (TPSA) is 42.0 Å². The van der Waals surface area contributed by atoms with Crippen LogP contribution in [0.1, 0.15) is 5.56 Å². The minimum atomic E-state index is -3.02. The van der Waals surface area contributed by atoms with Gasteiger partial charge in [0, 0.05) is 17.2 Å². The molecule has 110 valence electrons. The first-order valence-corrected chi connectivity index (χ1v) is 8.81. The zero-order valence-corrected chi connectivity index (χ0v) is 13.2. The Bertz CT molecular complexity index is 743. The van der Waals surface area contributed by atoms with E-state index in [0.29, 0.717) is 5.44 Å². The molecule has 1 N–H and O–H groups in total. The number of hydrogen-bond donors (Lipinski definition) is 1. The van der Waals surface area contributed by atoms with Gasteiger partial charge in [-0.25, -0.2) is 0 Å². The van der Waals surface area contributed by atoms with Gasteiger partial charge in [0.1, 0.15) is 5.44 Å². The van der Waals surface area contributed by atoms with Crippen LogP contribution in [0, 0.1) is 6.92 Å². The summed E-state index contributed by atoms with van der Waals surface area (Å²) in [6.45, 7) is 2.03. The van der Waals surface area contributed by atoms with Gasteiger partial charge in [0.15, 0.2) is 0 Å². The lowest BCUT2D eigenvalue weighted by Gasteiger charge is -2.20. The number of anilines is 1. The van der Waals surface area contributed by atoms with Crippen LogP contribution >= 0.6 is 7.29 Å². The van der Waals surface area contributed by atoms with E-state index in [1.54, 1.807) is 12.3 Å². The quantitative estimate of drug-likeness (QED) is 0.747. The number of aryl methyl sites for hydroxylation is 1. The fourth-order valence-electron chi connectivity index (χ4n) is 2.24. The second-order valence-electron chi connectivity index (χ2n) is 5.11. The molecule has 0 aliphatic rings. The molecule has 2 aromatic carbocycles. The molecular weight excluding hydrogens is 291 g/mol. The van der Waals surface area contributed by atoms with Crippen LogP contribution in [-0.2, 0) is 4.57 Å². The zero-order chi connectivity index (χ0) is 15.4. The van der Waals surface area contributed by atoms with E-state index < -0.39 is 7.29 Å². The normalized spacial score (nSPS) is 13.3. The number of aromatic nitrogens is 1. The van der Waals surface area contributed by atoms with Crippen molar-refractivity contribution in [3.05, 3.63) is 84.6 Å². The molecule has 0 aliphatic heterocycles. The molecule has 0 saturated heterocycles. The van der Waals surface area contributed by atoms with Crippen molar-refractivity contribution in [2.24, 2.45) is 0 Å². The fourth-order valence-corrected chi connectivity index (χ4v) is 4.38. The van der Waals surface area contributed by atoms with Crippen LogP contribution < -0.4 is 15.8 Å². The van der Waals surface area contributed by atoms with Crippen molar-refractivity contribution in [2.75, 3.05) is 5.09 Å². The maximum atomic E-state index is 13.7. The van der Waals surface area contributed by atoms with Gasteiger partial charge in [0.25, 0.3) is 0 Å². The monoisotopic (exact) mass is 308 g/mol. The van der Waals surface area contributed by atoms with Crippen LogP contribution in [0.3, 0.4) is 0 Å². The number of pyridine rings is 1. The fraction of sp³-hybridized carbons (Fsp3) is 0.0556. The van der Waals surface area contributed by atoms with E-state index >= 15 is 0 Å². The summed E-state index contributed by atoms with van der Waals surface area (Å²) in [6.07, 6.45) is 1.67. The Labute approximate surface area is 130 Å². The molecule has 3 rings (SSSR count). The highest BCUT2D eigenvalue weighted by atomic mass is 31.2. The van der Waals surface area contributed by atoms with Crippen LogP contribution in [0.5, 0.6) is 0 Å². The van der Waals surface area contributed by atoms with E-state index in [1.807, 2.05) is 73.7 Å².